The molecule has 2 nitrogen and oxygen atoms in total. The Labute approximate surface area is 154 Å². The van der Waals surface area contributed by atoms with Gasteiger partial charge in [0.05, 0.1) is 0 Å². The van der Waals surface area contributed by atoms with Gasteiger partial charge in [-0.15, -0.1) is 0 Å². The van der Waals surface area contributed by atoms with Gasteiger partial charge in [0.15, 0.2) is 0 Å². The van der Waals surface area contributed by atoms with Gasteiger partial charge in [-0.3, -0.25) is 0 Å². The van der Waals surface area contributed by atoms with E-state index in [1.807, 2.05) is 24.3 Å². The van der Waals surface area contributed by atoms with Gasteiger partial charge in [-0.05, 0) is 29.2 Å². The third-order valence-corrected chi connectivity index (χ3v) is 4.30. The van der Waals surface area contributed by atoms with E-state index < -0.39 is 0 Å². The molecule has 3 aromatic rings. The van der Waals surface area contributed by atoms with Crippen LogP contribution in [0.4, 0.5) is 0 Å². The second kappa shape index (κ2) is 8.30. The van der Waals surface area contributed by atoms with E-state index in [0.717, 1.165) is 5.56 Å². The van der Waals surface area contributed by atoms with Crippen molar-refractivity contribution < 1.29 is 9.53 Å². The highest BCUT2D eigenvalue weighted by Gasteiger charge is 2.16. The molecule has 0 spiro atoms. The van der Waals surface area contributed by atoms with Crippen LogP contribution in [0.15, 0.2) is 97.1 Å². The van der Waals surface area contributed by atoms with Gasteiger partial charge in [0.1, 0.15) is 6.61 Å². The van der Waals surface area contributed by atoms with E-state index in [-0.39, 0.29) is 18.5 Å². The standard InChI is InChI=1S/C24H22O2/c1-18(2)24(25)26-17-19-13-15-22(16-14-19)23(20-9-5-3-6-10-20)21-11-7-4-8-12-21/h3-16,23H,1,17H2,2H3. The Morgan fingerprint density at radius 2 is 1.27 bits per heavy atom. The maximum Gasteiger partial charge on any atom is 0.333 e. The summed E-state index contributed by atoms with van der Waals surface area (Å²) in [6.45, 7) is 5.50. The molecule has 2 heteroatoms. The summed E-state index contributed by atoms with van der Waals surface area (Å²) in [7, 11) is 0. The molecular formula is C24H22O2. The molecule has 0 amide bonds. The lowest BCUT2D eigenvalue weighted by Gasteiger charge is -2.19. The van der Waals surface area contributed by atoms with Crippen molar-refractivity contribution in [1.29, 1.82) is 0 Å². The Balaban J connectivity index is 1.86. The number of hydrogen-bond donors (Lipinski definition) is 0. The van der Waals surface area contributed by atoms with Crippen LogP contribution in [0.3, 0.4) is 0 Å². The first-order valence-electron chi connectivity index (χ1n) is 8.66. The van der Waals surface area contributed by atoms with Crippen molar-refractivity contribution >= 4 is 5.97 Å². The Morgan fingerprint density at radius 1 is 0.808 bits per heavy atom. The van der Waals surface area contributed by atoms with E-state index in [2.05, 4.69) is 67.2 Å². The molecule has 26 heavy (non-hydrogen) atoms. The fourth-order valence-corrected chi connectivity index (χ4v) is 2.95. The van der Waals surface area contributed by atoms with Gasteiger partial charge in [0.25, 0.3) is 0 Å². The maximum absolute atomic E-state index is 11.5. The van der Waals surface area contributed by atoms with Crippen molar-refractivity contribution in [1.82, 2.24) is 0 Å². The molecule has 0 saturated carbocycles. The Hall–Kier alpha value is -3.13. The zero-order valence-corrected chi connectivity index (χ0v) is 14.9. The van der Waals surface area contributed by atoms with E-state index >= 15 is 0 Å². The van der Waals surface area contributed by atoms with E-state index in [0.29, 0.717) is 5.57 Å². The van der Waals surface area contributed by atoms with E-state index in [1.165, 1.54) is 16.7 Å². The third-order valence-electron chi connectivity index (χ3n) is 4.30. The smallest absolute Gasteiger partial charge is 0.333 e. The summed E-state index contributed by atoms with van der Waals surface area (Å²) in [6, 6.07) is 29.2. The van der Waals surface area contributed by atoms with Crippen molar-refractivity contribution in [3.8, 4) is 0 Å². The number of ether oxygens (including phenoxy) is 1. The highest BCUT2D eigenvalue weighted by atomic mass is 16.5. The van der Waals surface area contributed by atoms with E-state index in [9.17, 15) is 4.79 Å². The molecule has 0 fully saturated rings. The third kappa shape index (κ3) is 4.28. The average molecular weight is 342 g/mol. The fraction of sp³-hybridized carbons (Fsp3) is 0.125. The highest BCUT2D eigenvalue weighted by Crippen LogP contribution is 2.31. The predicted octanol–water partition coefficient (Wildman–Crippen LogP) is 5.49. The lowest BCUT2D eigenvalue weighted by molar-refractivity contribution is -0.140. The number of rotatable bonds is 6. The zero-order chi connectivity index (χ0) is 18.4. The summed E-state index contributed by atoms with van der Waals surface area (Å²) in [4.78, 5) is 11.5. The number of carbonyl (C=O) groups excluding carboxylic acids is 1. The maximum atomic E-state index is 11.5. The van der Waals surface area contributed by atoms with Crippen LogP contribution < -0.4 is 0 Å². The Bertz CT molecular complexity index is 826. The molecule has 0 unspecified atom stereocenters. The second-order valence-corrected chi connectivity index (χ2v) is 6.35. The molecular weight excluding hydrogens is 320 g/mol. The monoisotopic (exact) mass is 342 g/mol. The van der Waals surface area contributed by atoms with Crippen molar-refractivity contribution in [3.05, 3.63) is 119 Å². The molecule has 3 aromatic carbocycles. The summed E-state index contributed by atoms with van der Waals surface area (Å²) < 4.78 is 5.22. The van der Waals surface area contributed by atoms with Crippen molar-refractivity contribution in [2.75, 3.05) is 0 Å². The molecule has 0 aliphatic carbocycles. The predicted molar refractivity (Wildman–Crippen MR) is 105 cm³/mol. The van der Waals surface area contributed by atoms with Gasteiger partial charge in [-0.1, -0.05) is 91.5 Å². The van der Waals surface area contributed by atoms with Crippen molar-refractivity contribution in [2.24, 2.45) is 0 Å². The molecule has 0 saturated heterocycles. The molecule has 0 aromatic heterocycles. The summed E-state index contributed by atoms with van der Waals surface area (Å²) in [5.41, 5.74) is 5.08. The van der Waals surface area contributed by atoms with Crippen LogP contribution in [0.2, 0.25) is 0 Å². The van der Waals surface area contributed by atoms with Gasteiger partial charge in [-0.2, -0.15) is 0 Å². The fourth-order valence-electron chi connectivity index (χ4n) is 2.95. The molecule has 0 heterocycles. The summed E-state index contributed by atoms with van der Waals surface area (Å²) >= 11 is 0. The first kappa shape index (κ1) is 17.7. The van der Waals surface area contributed by atoms with Gasteiger partial charge in [-0.25, -0.2) is 4.79 Å². The number of esters is 1. The second-order valence-electron chi connectivity index (χ2n) is 6.35. The van der Waals surface area contributed by atoms with Crippen LogP contribution in [0.25, 0.3) is 0 Å². The molecule has 0 aliphatic heterocycles. The van der Waals surface area contributed by atoms with Gasteiger partial charge in [0.2, 0.25) is 0 Å². The van der Waals surface area contributed by atoms with Gasteiger partial charge >= 0.3 is 5.97 Å². The minimum atomic E-state index is -0.361. The summed E-state index contributed by atoms with van der Waals surface area (Å²) in [5, 5.41) is 0. The Morgan fingerprint density at radius 3 is 1.73 bits per heavy atom. The molecule has 0 bridgehead atoms. The quantitative estimate of drug-likeness (QED) is 0.336. The number of benzene rings is 3. The topological polar surface area (TPSA) is 26.3 Å². The first-order chi connectivity index (χ1) is 12.6. The molecule has 0 atom stereocenters. The number of carbonyl (C=O) groups is 1. The number of hydrogen-bond acceptors (Lipinski definition) is 2. The van der Waals surface area contributed by atoms with Gasteiger partial charge < -0.3 is 4.74 Å². The minimum absolute atomic E-state index is 0.171. The Kier molecular flexibility index (Phi) is 5.65. The summed E-state index contributed by atoms with van der Waals surface area (Å²) in [6.07, 6.45) is 0. The zero-order valence-electron chi connectivity index (χ0n) is 14.9. The van der Waals surface area contributed by atoms with Crippen LogP contribution in [0.1, 0.15) is 35.1 Å². The molecule has 130 valence electrons. The average Bonchev–Trinajstić information content (AvgIpc) is 2.69. The van der Waals surface area contributed by atoms with Crippen molar-refractivity contribution in [2.45, 2.75) is 19.4 Å². The minimum Gasteiger partial charge on any atom is -0.457 e. The largest absolute Gasteiger partial charge is 0.457 e. The van der Waals surface area contributed by atoms with Crippen LogP contribution >= 0.6 is 0 Å². The molecule has 0 N–H and O–H groups in total. The first-order valence-corrected chi connectivity index (χ1v) is 8.66. The van der Waals surface area contributed by atoms with Gasteiger partial charge in [0, 0.05) is 11.5 Å². The van der Waals surface area contributed by atoms with E-state index in [1.54, 1.807) is 6.92 Å². The lowest BCUT2D eigenvalue weighted by atomic mass is 9.85. The van der Waals surface area contributed by atoms with Crippen LogP contribution in [-0.4, -0.2) is 5.97 Å². The normalized spacial score (nSPS) is 10.5. The summed E-state index contributed by atoms with van der Waals surface area (Å²) in [5.74, 6) is -0.190. The van der Waals surface area contributed by atoms with Crippen molar-refractivity contribution in [3.63, 3.8) is 0 Å². The van der Waals surface area contributed by atoms with Crippen LogP contribution in [-0.2, 0) is 16.1 Å². The molecule has 3 rings (SSSR count). The van der Waals surface area contributed by atoms with Crippen LogP contribution in [0, 0.1) is 0 Å². The molecule has 0 radical (unpaired) electrons. The van der Waals surface area contributed by atoms with Crippen LogP contribution in [0.5, 0.6) is 0 Å². The lowest BCUT2D eigenvalue weighted by Crippen LogP contribution is -2.06. The highest BCUT2D eigenvalue weighted by molar-refractivity contribution is 5.86. The van der Waals surface area contributed by atoms with E-state index in [4.69, 9.17) is 4.74 Å². The SMILES string of the molecule is C=C(C)C(=O)OCc1ccc(C(c2ccccc2)c2ccccc2)cc1. The molecule has 0 aliphatic rings.